The molecule has 9 heteroatoms. The average Bonchev–Trinajstić information content (AvgIpc) is 3.07. The molecule has 170 valence electrons. The van der Waals surface area contributed by atoms with Crippen LogP contribution in [-0.4, -0.2) is 65.6 Å². The van der Waals surface area contributed by atoms with Crippen LogP contribution < -0.4 is 15.4 Å². The van der Waals surface area contributed by atoms with Crippen molar-refractivity contribution < 1.29 is 23.9 Å². The Balaban J connectivity index is 1.34. The van der Waals surface area contributed by atoms with Gasteiger partial charge in [0.2, 0.25) is 11.8 Å². The maximum atomic E-state index is 13.2. The molecule has 5 rings (SSSR count). The van der Waals surface area contributed by atoms with Gasteiger partial charge in [0.15, 0.2) is 0 Å². The number of nitrogens with zero attached hydrogens (tertiary/aromatic N) is 2. The average molecular weight is 448 g/mol. The van der Waals surface area contributed by atoms with E-state index in [9.17, 15) is 19.2 Å². The largest absolute Gasteiger partial charge is 0.457 e. The second-order valence-corrected chi connectivity index (χ2v) is 8.40. The highest BCUT2D eigenvalue weighted by Gasteiger charge is 2.46. The molecule has 2 aromatic carbocycles. The molecule has 1 unspecified atom stereocenters. The molecule has 2 saturated heterocycles. The molecule has 0 saturated carbocycles. The van der Waals surface area contributed by atoms with Gasteiger partial charge < -0.3 is 10.1 Å². The first kappa shape index (κ1) is 21.3. The van der Waals surface area contributed by atoms with Crippen LogP contribution in [0.5, 0.6) is 11.5 Å². The number of carbonyl (C=O) groups excluding carboxylic acids is 4. The Bertz CT molecular complexity index is 1120. The van der Waals surface area contributed by atoms with E-state index in [0.29, 0.717) is 5.75 Å². The Hall–Kier alpha value is -3.56. The normalized spacial score (nSPS) is 21.2. The van der Waals surface area contributed by atoms with Crippen LogP contribution in [0.3, 0.4) is 0 Å². The molecule has 0 spiro atoms. The topological polar surface area (TPSA) is 108 Å². The smallest absolute Gasteiger partial charge is 0.266 e. The fraction of sp³-hybridized carbons (Fsp3) is 0.333. The van der Waals surface area contributed by atoms with Crippen LogP contribution in [0.25, 0.3) is 0 Å². The zero-order valence-corrected chi connectivity index (χ0v) is 18.0. The van der Waals surface area contributed by atoms with E-state index < -0.39 is 29.7 Å². The van der Waals surface area contributed by atoms with Crippen LogP contribution in [0.15, 0.2) is 42.5 Å². The number of ether oxygens (including phenoxy) is 1. The number of imide groups is 2. The first-order valence-electron chi connectivity index (χ1n) is 11.1. The minimum atomic E-state index is -1.01. The summed E-state index contributed by atoms with van der Waals surface area (Å²) < 4.78 is 5.99. The summed E-state index contributed by atoms with van der Waals surface area (Å²) in [6, 6.07) is 11.5. The number of rotatable bonds is 5. The monoisotopic (exact) mass is 448 g/mol. The summed E-state index contributed by atoms with van der Waals surface area (Å²) in [4.78, 5) is 53.2. The Labute approximate surface area is 190 Å². The van der Waals surface area contributed by atoms with E-state index >= 15 is 0 Å². The number of piperazine rings is 1. The van der Waals surface area contributed by atoms with E-state index in [2.05, 4.69) is 15.5 Å². The predicted molar refractivity (Wildman–Crippen MR) is 118 cm³/mol. The molecule has 0 aromatic heterocycles. The van der Waals surface area contributed by atoms with Gasteiger partial charge in [0.1, 0.15) is 17.5 Å². The molecule has 0 radical (unpaired) electrons. The van der Waals surface area contributed by atoms with Crippen molar-refractivity contribution in [3.63, 3.8) is 0 Å². The highest BCUT2D eigenvalue weighted by Crippen LogP contribution is 2.35. The second kappa shape index (κ2) is 8.76. The van der Waals surface area contributed by atoms with Crippen molar-refractivity contribution in [3.8, 4) is 11.5 Å². The van der Waals surface area contributed by atoms with Gasteiger partial charge in [0, 0.05) is 39.1 Å². The lowest BCUT2D eigenvalue weighted by molar-refractivity contribution is -0.136. The molecular weight excluding hydrogens is 424 g/mol. The molecule has 2 fully saturated rings. The molecule has 9 nitrogen and oxygen atoms in total. The van der Waals surface area contributed by atoms with Crippen LogP contribution in [0.4, 0.5) is 0 Å². The summed E-state index contributed by atoms with van der Waals surface area (Å²) in [6.45, 7) is 4.85. The third-order valence-electron chi connectivity index (χ3n) is 6.20. The molecule has 3 aliphatic heterocycles. The van der Waals surface area contributed by atoms with Crippen molar-refractivity contribution in [2.24, 2.45) is 0 Å². The van der Waals surface area contributed by atoms with Crippen LogP contribution in [-0.2, 0) is 16.1 Å². The number of benzene rings is 2. The third kappa shape index (κ3) is 4.12. The summed E-state index contributed by atoms with van der Waals surface area (Å²) in [6.07, 6.45) is 0.189. The molecule has 0 bridgehead atoms. The van der Waals surface area contributed by atoms with Crippen molar-refractivity contribution >= 4 is 23.6 Å². The first-order valence-corrected chi connectivity index (χ1v) is 11.1. The minimum Gasteiger partial charge on any atom is -0.457 e. The second-order valence-electron chi connectivity index (χ2n) is 8.40. The predicted octanol–water partition coefficient (Wildman–Crippen LogP) is 1.29. The summed E-state index contributed by atoms with van der Waals surface area (Å²) in [5.41, 5.74) is 1.49. The van der Waals surface area contributed by atoms with Crippen LogP contribution in [0.1, 0.15) is 39.1 Å². The number of hydrogen-bond acceptors (Lipinski definition) is 7. The van der Waals surface area contributed by atoms with Gasteiger partial charge in [0.05, 0.1) is 11.1 Å². The van der Waals surface area contributed by atoms with E-state index in [4.69, 9.17) is 4.74 Å². The summed E-state index contributed by atoms with van der Waals surface area (Å²) in [5, 5.41) is 5.54. The summed E-state index contributed by atoms with van der Waals surface area (Å²) in [5.74, 6) is -1.38. The molecule has 0 aliphatic carbocycles. The third-order valence-corrected chi connectivity index (χ3v) is 6.20. The Kier molecular flexibility index (Phi) is 5.65. The van der Waals surface area contributed by atoms with Crippen molar-refractivity contribution in [2.75, 3.05) is 26.2 Å². The SMILES string of the molecule is O=C1CCC(N2C(=O)c3cccc(Oc4ccc(CN5CCNCC5)cc4)c3C2=O)C(=O)N1. The summed E-state index contributed by atoms with van der Waals surface area (Å²) in [7, 11) is 0. The molecule has 3 aliphatic rings. The molecular formula is C24H24N4O5. The highest BCUT2D eigenvalue weighted by molar-refractivity contribution is 6.24. The van der Waals surface area contributed by atoms with Crippen molar-refractivity contribution in [2.45, 2.75) is 25.4 Å². The van der Waals surface area contributed by atoms with Crippen LogP contribution >= 0.6 is 0 Å². The lowest BCUT2D eigenvalue weighted by atomic mass is 10.0. The maximum absolute atomic E-state index is 13.2. The van der Waals surface area contributed by atoms with Crippen molar-refractivity contribution in [1.29, 1.82) is 0 Å². The van der Waals surface area contributed by atoms with E-state index in [1.54, 1.807) is 18.2 Å². The molecule has 4 amide bonds. The van der Waals surface area contributed by atoms with Gasteiger partial charge in [-0.15, -0.1) is 0 Å². The van der Waals surface area contributed by atoms with Gasteiger partial charge >= 0.3 is 0 Å². The van der Waals surface area contributed by atoms with Gasteiger partial charge in [-0.25, -0.2) is 0 Å². The Morgan fingerprint density at radius 1 is 0.939 bits per heavy atom. The number of fused-ring (bicyclic) bond motifs is 1. The van der Waals surface area contributed by atoms with Gasteiger partial charge in [-0.1, -0.05) is 18.2 Å². The van der Waals surface area contributed by atoms with E-state index in [-0.39, 0.29) is 29.7 Å². The number of nitrogens with one attached hydrogen (secondary N) is 2. The van der Waals surface area contributed by atoms with Gasteiger partial charge in [-0.3, -0.25) is 34.3 Å². The van der Waals surface area contributed by atoms with Gasteiger partial charge in [0.25, 0.3) is 11.8 Å². The Morgan fingerprint density at radius 2 is 1.70 bits per heavy atom. The molecule has 33 heavy (non-hydrogen) atoms. The zero-order valence-electron chi connectivity index (χ0n) is 18.0. The fourth-order valence-electron chi connectivity index (χ4n) is 4.49. The van der Waals surface area contributed by atoms with E-state index in [1.807, 2.05) is 24.3 Å². The standard InChI is InChI=1S/C24H24N4O5/c29-20-9-8-18(22(30)26-20)28-23(31)17-2-1-3-19(21(17)24(28)32)33-16-6-4-15(5-7-16)14-27-12-10-25-11-13-27/h1-7,18,25H,8-14H2,(H,26,29,30). The lowest BCUT2D eigenvalue weighted by Crippen LogP contribution is -2.54. The molecule has 3 heterocycles. The number of piperidine rings is 1. The van der Waals surface area contributed by atoms with Gasteiger partial charge in [-0.2, -0.15) is 0 Å². The van der Waals surface area contributed by atoms with E-state index in [0.717, 1.165) is 43.2 Å². The Morgan fingerprint density at radius 3 is 2.42 bits per heavy atom. The first-order chi connectivity index (χ1) is 16.0. The van der Waals surface area contributed by atoms with Crippen molar-refractivity contribution in [1.82, 2.24) is 20.4 Å². The number of amides is 4. The molecule has 1 atom stereocenters. The summed E-state index contributed by atoms with van der Waals surface area (Å²) >= 11 is 0. The highest BCUT2D eigenvalue weighted by atomic mass is 16.5. The molecule has 2 N–H and O–H groups in total. The maximum Gasteiger partial charge on any atom is 0.266 e. The minimum absolute atomic E-state index is 0.0768. The lowest BCUT2D eigenvalue weighted by Gasteiger charge is -2.27. The fourth-order valence-corrected chi connectivity index (χ4v) is 4.49. The molecule has 2 aromatic rings. The van der Waals surface area contributed by atoms with Gasteiger partial charge in [-0.05, 0) is 36.2 Å². The number of carbonyl (C=O) groups is 4. The zero-order chi connectivity index (χ0) is 22.9. The van der Waals surface area contributed by atoms with Crippen LogP contribution in [0.2, 0.25) is 0 Å². The number of hydrogen-bond donors (Lipinski definition) is 2. The van der Waals surface area contributed by atoms with Crippen molar-refractivity contribution in [3.05, 3.63) is 59.2 Å². The quantitative estimate of drug-likeness (QED) is 0.664. The van der Waals surface area contributed by atoms with E-state index in [1.165, 1.54) is 0 Å². The van der Waals surface area contributed by atoms with Crippen LogP contribution in [0, 0.1) is 0 Å².